The van der Waals surface area contributed by atoms with Crippen molar-refractivity contribution in [1.29, 1.82) is 0 Å². The van der Waals surface area contributed by atoms with E-state index in [2.05, 4.69) is 67.3 Å². The topological polar surface area (TPSA) is 37.8 Å². The first-order chi connectivity index (χ1) is 9.60. The van der Waals surface area contributed by atoms with Crippen molar-refractivity contribution < 1.29 is 0 Å². The summed E-state index contributed by atoms with van der Waals surface area (Å²) in [5, 5.41) is 3.15. The van der Waals surface area contributed by atoms with Crippen molar-refractivity contribution in [1.82, 2.24) is 9.97 Å². The van der Waals surface area contributed by atoms with Crippen LogP contribution in [-0.2, 0) is 0 Å². The summed E-state index contributed by atoms with van der Waals surface area (Å²) in [7, 11) is 1.89. The third-order valence-corrected chi connectivity index (χ3v) is 4.88. The molecule has 3 nitrogen and oxygen atoms in total. The van der Waals surface area contributed by atoms with Crippen molar-refractivity contribution in [3.63, 3.8) is 0 Å². The normalized spacial score (nSPS) is 14.4. The molecule has 1 aliphatic carbocycles. The van der Waals surface area contributed by atoms with E-state index >= 15 is 0 Å². The Morgan fingerprint density at radius 3 is 2.55 bits per heavy atom. The van der Waals surface area contributed by atoms with Crippen LogP contribution in [0.1, 0.15) is 30.0 Å². The summed E-state index contributed by atoms with van der Waals surface area (Å²) in [6.45, 7) is 2.08. The molecule has 20 heavy (non-hydrogen) atoms. The maximum atomic E-state index is 4.78. The summed E-state index contributed by atoms with van der Waals surface area (Å²) in [4.78, 5) is 9.40. The summed E-state index contributed by atoms with van der Waals surface area (Å²) in [5.74, 6) is 2.19. The van der Waals surface area contributed by atoms with Crippen molar-refractivity contribution in [2.24, 2.45) is 0 Å². The summed E-state index contributed by atoms with van der Waals surface area (Å²) in [5.41, 5.74) is 3.36. The average molecular weight is 397 g/mol. The predicted octanol–water partition coefficient (Wildman–Crippen LogP) is 4.90. The van der Waals surface area contributed by atoms with Crippen LogP contribution in [0.4, 0.5) is 5.82 Å². The summed E-state index contributed by atoms with van der Waals surface area (Å²) >= 11 is 7.23. The second kappa shape index (κ2) is 5.45. The minimum atomic E-state index is 0.572. The molecule has 3 rings (SSSR count). The van der Waals surface area contributed by atoms with Gasteiger partial charge >= 0.3 is 0 Å². The van der Waals surface area contributed by atoms with E-state index in [1.165, 1.54) is 18.4 Å². The first-order valence-corrected chi connectivity index (χ1v) is 8.20. The van der Waals surface area contributed by atoms with Crippen molar-refractivity contribution in [2.75, 3.05) is 12.4 Å². The number of anilines is 1. The Bertz CT molecular complexity index is 666. The Morgan fingerprint density at radius 2 is 1.95 bits per heavy atom. The molecule has 0 spiro atoms. The molecule has 104 valence electrons. The van der Waals surface area contributed by atoms with E-state index in [1.807, 2.05) is 7.05 Å². The zero-order valence-corrected chi connectivity index (χ0v) is 14.5. The first kappa shape index (κ1) is 14.0. The number of aromatic nitrogens is 2. The van der Waals surface area contributed by atoms with Crippen molar-refractivity contribution in [2.45, 2.75) is 25.7 Å². The summed E-state index contributed by atoms with van der Waals surface area (Å²) in [6, 6.07) is 6.25. The Labute approximate surface area is 135 Å². The fourth-order valence-corrected chi connectivity index (χ4v) is 3.55. The number of nitrogens with one attached hydrogen (secondary N) is 1. The Hall–Kier alpha value is -0.940. The highest BCUT2D eigenvalue weighted by atomic mass is 79.9. The number of benzene rings is 1. The molecule has 0 aliphatic heterocycles. The van der Waals surface area contributed by atoms with Gasteiger partial charge in [-0.3, -0.25) is 0 Å². The molecule has 1 aliphatic rings. The lowest BCUT2D eigenvalue weighted by atomic mass is 10.1. The molecule has 0 bridgehead atoms. The number of halogens is 2. The van der Waals surface area contributed by atoms with E-state index in [1.54, 1.807) is 0 Å². The highest BCUT2D eigenvalue weighted by Crippen LogP contribution is 2.44. The monoisotopic (exact) mass is 395 g/mol. The number of nitrogens with zero attached hydrogens (tertiary/aromatic N) is 2. The van der Waals surface area contributed by atoms with Crippen LogP contribution >= 0.6 is 31.9 Å². The Balaban J connectivity index is 2.15. The molecule has 2 aromatic rings. The minimum Gasteiger partial charge on any atom is -0.372 e. The maximum absolute atomic E-state index is 4.78. The molecule has 1 heterocycles. The molecular formula is C15H15Br2N3. The van der Waals surface area contributed by atoms with Gasteiger partial charge in [-0.15, -0.1) is 0 Å². The highest BCUT2D eigenvalue weighted by molar-refractivity contribution is 9.11. The van der Waals surface area contributed by atoms with Gasteiger partial charge < -0.3 is 5.32 Å². The zero-order valence-electron chi connectivity index (χ0n) is 11.4. The lowest BCUT2D eigenvalue weighted by Gasteiger charge is -2.12. The van der Waals surface area contributed by atoms with Crippen LogP contribution in [0.15, 0.2) is 27.1 Å². The summed E-state index contributed by atoms with van der Waals surface area (Å²) < 4.78 is 2.03. The van der Waals surface area contributed by atoms with E-state index in [-0.39, 0.29) is 0 Å². The van der Waals surface area contributed by atoms with Crippen LogP contribution in [0.3, 0.4) is 0 Å². The van der Waals surface area contributed by atoms with Gasteiger partial charge in [0, 0.05) is 23.0 Å². The van der Waals surface area contributed by atoms with Crippen LogP contribution in [0.5, 0.6) is 0 Å². The van der Waals surface area contributed by atoms with Gasteiger partial charge in [0.1, 0.15) is 5.82 Å². The standard InChI is InChI=1S/C15H15Br2N3/c1-8-3-6-10(11(16)7-8)14-19-13(9-4-5-9)12(17)15(18-2)20-14/h3,6-7,9H,4-5H2,1-2H3,(H,18,19,20). The van der Waals surface area contributed by atoms with E-state index in [0.29, 0.717) is 5.92 Å². The smallest absolute Gasteiger partial charge is 0.162 e. The molecular weight excluding hydrogens is 382 g/mol. The minimum absolute atomic E-state index is 0.572. The lowest BCUT2D eigenvalue weighted by molar-refractivity contribution is 0.979. The van der Waals surface area contributed by atoms with Gasteiger partial charge in [-0.2, -0.15) is 0 Å². The second-order valence-electron chi connectivity index (χ2n) is 5.10. The van der Waals surface area contributed by atoms with Crippen molar-refractivity contribution in [3.8, 4) is 11.4 Å². The SMILES string of the molecule is CNc1nc(-c2ccc(C)cc2Br)nc(C2CC2)c1Br. The van der Waals surface area contributed by atoms with Crippen LogP contribution in [0.2, 0.25) is 0 Å². The molecule has 0 saturated heterocycles. The maximum Gasteiger partial charge on any atom is 0.162 e. The van der Waals surface area contributed by atoms with Crippen LogP contribution < -0.4 is 5.32 Å². The number of hydrogen-bond acceptors (Lipinski definition) is 3. The average Bonchev–Trinajstić information content (AvgIpc) is 3.24. The number of rotatable bonds is 3. The van der Waals surface area contributed by atoms with Crippen LogP contribution in [-0.4, -0.2) is 17.0 Å². The third-order valence-electron chi connectivity index (χ3n) is 3.44. The Morgan fingerprint density at radius 1 is 1.20 bits per heavy atom. The molecule has 0 radical (unpaired) electrons. The molecule has 0 atom stereocenters. The second-order valence-corrected chi connectivity index (χ2v) is 6.75. The zero-order chi connectivity index (χ0) is 14.3. The van der Waals surface area contributed by atoms with Gasteiger partial charge in [-0.1, -0.05) is 22.0 Å². The van der Waals surface area contributed by atoms with Gasteiger partial charge in [0.15, 0.2) is 5.82 Å². The van der Waals surface area contributed by atoms with Gasteiger partial charge in [-0.25, -0.2) is 9.97 Å². The fraction of sp³-hybridized carbons (Fsp3) is 0.333. The molecule has 0 unspecified atom stereocenters. The summed E-state index contributed by atoms with van der Waals surface area (Å²) in [6.07, 6.45) is 2.43. The molecule has 1 N–H and O–H groups in total. The van der Waals surface area contributed by atoms with E-state index in [4.69, 9.17) is 4.98 Å². The third kappa shape index (κ3) is 2.61. The highest BCUT2D eigenvalue weighted by Gasteiger charge is 2.29. The molecule has 5 heteroatoms. The largest absolute Gasteiger partial charge is 0.372 e. The van der Waals surface area contributed by atoms with Gasteiger partial charge in [0.25, 0.3) is 0 Å². The van der Waals surface area contributed by atoms with Crippen LogP contribution in [0, 0.1) is 6.92 Å². The number of hydrogen-bond donors (Lipinski definition) is 1. The van der Waals surface area contributed by atoms with Crippen molar-refractivity contribution >= 4 is 37.7 Å². The van der Waals surface area contributed by atoms with Gasteiger partial charge in [-0.05, 0) is 53.4 Å². The van der Waals surface area contributed by atoms with E-state index in [0.717, 1.165) is 31.8 Å². The molecule has 1 aromatic carbocycles. The van der Waals surface area contributed by atoms with Gasteiger partial charge in [0.05, 0.1) is 10.2 Å². The van der Waals surface area contributed by atoms with E-state index < -0.39 is 0 Å². The molecule has 1 aromatic heterocycles. The lowest BCUT2D eigenvalue weighted by Crippen LogP contribution is -2.03. The molecule has 0 amide bonds. The van der Waals surface area contributed by atoms with Crippen LogP contribution in [0.25, 0.3) is 11.4 Å². The first-order valence-electron chi connectivity index (χ1n) is 6.62. The van der Waals surface area contributed by atoms with Gasteiger partial charge in [0.2, 0.25) is 0 Å². The predicted molar refractivity (Wildman–Crippen MR) is 89.1 cm³/mol. The van der Waals surface area contributed by atoms with Crippen molar-refractivity contribution in [3.05, 3.63) is 38.4 Å². The Kier molecular flexibility index (Phi) is 3.82. The molecule has 1 fully saturated rings. The fourth-order valence-electron chi connectivity index (χ4n) is 2.18. The van der Waals surface area contributed by atoms with E-state index in [9.17, 15) is 0 Å². The quantitative estimate of drug-likeness (QED) is 0.801. The molecule has 1 saturated carbocycles. The number of aryl methyl sites for hydroxylation is 1.